The Bertz CT molecular complexity index is 437. The molecule has 1 aromatic carbocycles. The maximum atomic E-state index is 11.0. The van der Waals surface area contributed by atoms with E-state index < -0.39 is 0 Å². The fourth-order valence-electron chi connectivity index (χ4n) is 1.71. The zero-order valence-corrected chi connectivity index (χ0v) is 14.2. The van der Waals surface area contributed by atoms with Crippen molar-refractivity contribution in [1.29, 1.82) is 0 Å². The average molecular weight is 341 g/mol. The van der Waals surface area contributed by atoms with E-state index in [1.807, 2.05) is 12.1 Å². The minimum atomic E-state index is -0.243. The van der Waals surface area contributed by atoms with Gasteiger partial charge in [-0.15, -0.1) is 0 Å². The second-order valence-electron chi connectivity index (χ2n) is 4.81. The predicted octanol–water partition coefficient (Wildman–Crippen LogP) is 1.65. The van der Waals surface area contributed by atoms with Gasteiger partial charge in [0.15, 0.2) is 0 Å². The number of carbonyl (C=O) groups is 1. The Morgan fingerprint density at radius 2 is 1.42 bits per heavy atom. The summed E-state index contributed by atoms with van der Waals surface area (Å²) in [6, 6.07) is 7.22. The fourth-order valence-corrected chi connectivity index (χ4v) is 1.71. The van der Waals surface area contributed by atoms with Crippen molar-refractivity contribution < 1.29 is 28.5 Å². The van der Waals surface area contributed by atoms with E-state index in [2.05, 4.69) is 0 Å². The Morgan fingerprint density at radius 3 is 2.00 bits per heavy atom. The van der Waals surface area contributed by atoms with E-state index in [9.17, 15) is 4.79 Å². The molecule has 1 rings (SSSR count). The number of hydrogen-bond acceptors (Lipinski definition) is 7. The lowest BCUT2D eigenvalue weighted by Crippen LogP contribution is -2.14. The van der Waals surface area contributed by atoms with Crippen LogP contribution in [0.15, 0.2) is 24.3 Å². The van der Waals surface area contributed by atoms with Crippen molar-refractivity contribution in [3.8, 4) is 5.75 Å². The number of benzene rings is 1. The smallest absolute Gasteiger partial charge is 0.308 e. The molecule has 0 aliphatic carbocycles. The van der Waals surface area contributed by atoms with Crippen LogP contribution in [0.2, 0.25) is 0 Å². The van der Waals surface area contributed by atoms with Gasteiger partial charge >= 0.3 is 5.97 Å². The van der Waals surface area contributed by atoms with E-state index in [0.717, 1.165) is 5.75 Å². The molecule has 0 aromatic heterocycles. The van der Waals surface area contributed by atoms with Gasteiger partial charge < -0.3 is 29.4 Å². The molecule has 0 atom stereocenters. The molecule has 0 saturated carbocycles. The number of rotatable bonds is 14. The third kappa shape index (κ3) is 10.8. The molecule has 7 heteroatoms. The molecule has 0 aliphatic rings. The summed E-state index contributed by atoms with van der Waals surface area (Å²) in [5, 5.41) is 0. The molecule has 0 radical (unpaired) electrons. The number of hydrogen-bond donors (Lipinski definition) is 1. The molecule has 0 unspecified atom stereocenters. The molecule has 0 fully saturated rings. The third-order valence-corrected chi connectivity index (χ3v) is 2.88. The van der Waals surface area contributed by atoms with Gasteiger partial charge in [-0.2, -0.15) is 0 Å². The van der Waals surface area contributed by atoms with E-state index in [0.29, 0.717) is 58.5 Å². The van der Waals surface area contributed by atoms with Crippen LogP contribution < -0.4 is 10.5 Å². The highest BCUT2D eigenvalue weighted by Gasteiger charge is 2.00. The monoisotopic (exact) mass is 341 g/mol. The summed E-state index contributed by atoms with van der Waals surface area (Å²) in [4.78, 5) is 11.0. The van der Waals surface area contributed by atoms with Gasteiger partial charge in [0.25, 0.3) is 0 Å². The number of nitrogens with two attached hydrogens (primary N) is 1. The van der Waals surface area contributed by atoms with Gasteiger partial charge in [-0.3, -0.25) is 4.79 Å². The third-order valence-electron chi connectivity index (χ3n) is 2.88. The van der Waals surface area contributed by atoms with Gasteiger partial charge in [0.2, 0.25) is 0 Å². The summed E-state index contributed by atoms with van der Waals surface area (Å²) in [5.41, 5.74) is 6.30. The van der Waals surface area contributed by atoms with E-state index in [1.54, 1.807) is 19.1 Å². The molecule has 2 N–H and O–H groups in total. The molecule has 1 aromatic rings. The summed E-state index contributed by atoms with van der Waals surface area (Å²) in [5.74, 6) is 0.525. The Kier molecular flexibility index (Phi) is 11.5. The molecule has 7 nitrogen and oxygen atoms in total. The maximum Gasteiger partial charge on any atom is 0.308 e. The zero-order valence-electron chi connectivity index (χ0n) is 14.2. The molecule has 0 amide bonds. The number of carbonyl (C=O) groups excluding carboxylic acids is 1. The van der Waals surface area contributed by atoms with Crippen LogP contribution in [0.1, 0.15) is 13.3 Å². The van der Waals surface area contributed by atoms with Crippen LogP contribution in [-0.4, -0.2) is 58.8 Å². The number of esters is 1. The van der Waals surface area contributed by atoms with E-state index >= 15 is 0 Å². The van der Waals surface area contributed by atoms with Crippen LogP contribution in [0.5, 0.6) is 5.75 Å². The van der Waals surface area contributed by atoms with Crippen molar-refractivity contribution in [3.05, 3.63) is 24.3 Å². The van der Waals surface area contributed by atoms with Crippen LogP contribution in [0.25, 0.3) is 0 Å². The van der Waals surface area contributed by atoms with Crippen LogP contribution in [-0.2, 0) is 23.7 Å². The van der Waals surface area contributed by atoms with Crippen molar-refractivity contribution in [1.82, 2.24) is 0 Å². The normalized spacial score (nSPS) is 10.5. The molecule has 0 spiro atoms. The van der Waals surface area contributed by atoms with Crippen molar-refractivity contribution >= 4 is 11.7 Å². The second-order valence-corrected chi connectivity index (χ2v) is 4.81. The predicted molar refractivity (Wildman–Crippen MR) is 90.1 cm³/mol. The molecule has 0 heterocycles. The first-order valence-electron chi connectivity index (χ1n) is 8.09. The lowest BCUT2D eigenvalue weighted by Gasteiger charge is -2.08. The summed E-state index contributed by atoms with van der Waals surface area (Å²) < 4.78 is 26.3. The number of ether oxygens (including phenoxy) is 5. The average Bonchev–Trinajstić information content (AvgIpc) is 2.57. The van der Waals surface area contributed by atoms with Gasteiger partial charge in [0.05, 0.1) is 52.7 Å². The minimum Gasteiger partial charge on any atom is -0.491 e. The zero-order chi connectivity index (χ0) is 17.5. The number of anilines is 1. The van der Waals surface area contributed by atoms with E-state index in [1.165, 1.54) is 0 Å². The molecule has 0 bridgehead atoms. The first-order chi connectivity index (χ1) is 11.7. The summed E-state index contributed by atoms with van der Waals surface area (Å²) >= 11 is 0. The first-order valence-corrected chi connectivity index (χ1v) is 8.09. The Balaban J connectivity index is 1.80. The van der Waals surface area contributed by atoms with Gasteiger partial charge in [-0.25, -0.2) is 0 Å². The van der Waals surface area contributed by atoms with Crippen molar-refractivity contribution in [2.45, 2.75) is 13.3 Å². The lowest BCUT2D eigenvalue weighted by atomic mass is 10.3. The van der Waals surface area contributed by atoms with Crippen molar-refractivity contribution in [3.63, 3.8) is 0 Å². The highest BCUT2D eigenvalue weighted by molar-refractivity contribution is 5.69. The highest BCUT2D eigenvalue weighted by Crippen LogP contribution is 2.12. The molecular weight excluding hydrogens is 314 g/mol. The second kappa shape index (κ2) is 13.6. The first kappa shape index (κ1) is 20.2. The Morgan fingerprint density at radius 1 is 0.875 bits per heavy atom. The lowest BCUT2D eigenvalue weighted by molar-refractivity contribution is -0.144. The molecule has 24 heavy (non-hydrogen) atoms. The van der Waals surface area contributed by atoms with Crippen LogP contribution >= 0.6 is 0 Å². The van der Waals surface area contributed by atoms with Gasteiger partial charge in [-0.05, 0) is 31.2 Å². The van der Waals surface area contributed by atoms with Gasteiger partial charge in [0.1, 0.15) is 12.4 Å². The minimum absolute atomic E-state index is 0.243. The van der Waals surface area contributed by atoms with Crippen LogP contribution in [0.4, 0.5) is 5.69 Å². The van der Waals surface area contributed by atoms with Crippen molar-refractivity contribution in [2.75, 3.05) is 58.6 Å². The van der Waals surface area contributed by atoms with Crippen LogP contribution in [0.3, 0.4) is 0 Å². The molecule has 0 aliphatic heterocycles. The number of nitrogen functional groups attached to an aromatic ring is 1. The van der Waals surface area contributed by atoms with Gasteiger partial charge in [0, 0.05) is 5.69 Å². The molecule has 136 valence electrons. The summed E-state index contributed by atoms with van der Waals surface area (Å²) in [6.07, 6.45) is 0.269. The largest absolute Gasteiger partial charge is 0.491 e. The Labute approximate surface area is 143 Å². The molecule has 0 saturated heterocycles. The summed E-state index contributed by atoms with van der Waals surface area (Å²) in [6.45, 7) is 5.38. The summed E-state index contributed by atoms with van der Waals surface area (Å²) in [7, 11) is 0. The molecular formula is C17H27NO6. The van der Waals surface area contributed by atoms with Gasteiger partial charge in [-0.1, -0.05) is 0 Å². The van der Waals surface area contributed by atoms with Crippen LogP contribution in [0, 0.1) is 0 Å². The van der Waals surface area contributed by atoms with E-state index in [-0.39, 0.29) is 12.4 Å². The SMILES string of the molecule is CCOC(=O)CCOCCOCCOCCOc1ccc(N)cc1. The van der Waals surface area contributed by atoms with Crippen molar-refractivity contribution in [2.24, 2.45) is 0 Å². The van der Waals surface area contributed by atoms with E-state index in [4.69, 9.17) is 29.4 Å². The quantitative estimate of drug-likeness (QED) is 0.313. The standard InChI is InChI=1S/C17H27NO6/c1-2-23-17(19)7-8-20-9-10-21-11-12-22-13-14-24-16-5-3-15(18)4-6-16/h3-6H,2,7-14,18H2,1H3. The topological polar surface area (TPSA) is 89.2 Å². The highest BCUT2D eigenvalue weighted by atomic mass is 16.6. The fraction of sp³-hybridized carbons (Fsp3) is 0.588. The maximum absolute atomic E-state index is 11.0. The Hall–Kier alpha value is -1.83.